The molecule has 6 heteroatoms. The van der Waals surface area contributed by atoms with E-state index in [4.69, 9.17) is 0 Å². The Morgan fingerprint density at radius 3 is 2.24 bits per heavy atom. The molecule has 0 unspecified atom stereocenters. The maximum atomic E-state index is 13.2. The number of nitrogens with zero attached hydrogens (tertiary/aromatic N) is 4. The summed E-state index contributed by atoms with van der Waals surface area (Å²) in [5, 5.41) is 3.24. The van der Waals surface area contributed by atoms with Gasteiger partial charge >= 0.3 is 0 Å². The first-order valence-corrected chi connectivity index (χ1v) is 9.75. The van der Waals surface area contributed by atoms with Crippen LogP contribution in [0.3, 0.4) is 0 Å². The van der Waals surface area contributed by atoms with Crippen molar-refractivity contribution in [1.82, 2.24) is 14.9 Å². The lowest BCUT2D eigenvalue weighted by molar-refractivity contribution is 0.0980. The van der Waals surface area contributed by atoms with Crippen molar-refractivity contribution >= 4 is 17.4 Å². The predicted octanol–water partition coefficient (Wildman–Crippen LogP) is 3.69. The van der Waals surface area contributed by atoms with E-state index in [1.807, 2.05) is 74.8 Å². The molecule has 6 nitrogen and oxygen atoms in total. The Bertz CT molecular complexity index is 882. The van der Waals surface area contributed by atoms with E-state index in [9.17, 15) is 4.79 Å². The molecule has 3 aromatic rings. The van der Waals surface area contributed by atoms with Crippen LogP contribution in [0.4, 0.5) is 11.5 Å². The van der Waals surface area contributed by atoms with Crippen LogP contribution in [0.1, 0.15) is 22.5 Å². The summed E-state index contributed by atoms with van der Waals surface area (Å²) >= 11 is 0. The van der Waals surface area contributed by atoms with Gasteiger partial charge in [0.15, 0.2) is 0 Å². The van der Waals surface area contributed by atoms with Crippen LogP contribution in [0, 0.1) is 0 Å². The number of nitrogens with one attached hydrogen (secondary N) is 1. The van der Waals surface area contributed by atoms with E-state index in [0.29, 0.717) is 18.1 Å². The predicted molar refractivity (Wildman–Crippen MR) is 117 cm³/mol. The normalized spacial score (nSPS) is 10.7. The summed E-state index contributed by atoms with van der Waals surface area (Å²) in [7, 11) is 4.10. The van der Waals surface area contributed by atoms with E-state index in [0.717, 1.165) is 30.8 Å². The van der Waals surface area contributed by atoms with Crippen LogP contribution >= 0.6 is 0 Å². The zero-order valence-electron chi connectivity index (χ0n) is 17.0. The van der Waals surface area contributed by atoms with E-state index in [2.05, 4.69) is 20.2 Å². The van der Waals surface area contributed by atoms with Gasteiger partial charge in [0.05, 0.1) is 18.9 Å². The second-order valence-electron chi connectivity index (χ2n) is 7.08. The molecule has 0 radical (unpaired) electrons. The fourth-order valence-electron chi connectivity index (χ4n) is 2.93. The summed E-state index contributed by atoms with van der Waals surface area (Å²) in [6.45, 7) is 2.28. The lowest BCUT2D eigenvalue weighted by Crippen LogP contribution is -2.31. The number of benzene rings is 2. The first-order chi connectivity index (χ1) is 14.1. The van der Waals surface area contributed by atoms with Crippen molar-refractivity contribution in [2.24, 2.45) is 0 Å². The van der Waals surface area contributed by atoms with Crippen molar-refractivity contribution in [2.75, 3.05) is 37.4 Å². The molecule has 0 aliphatic rings. The van der Waals surface area contributed by atoms with Crippen LogP contribution in [0.2, 0.25) is 0 Å². The van der Waals surface area contributed by atoms with Gasteiger partial charge in [0.1, 0.15) is 11.5 Å². The smallest absolute Gasteiger partial charge is 0.278 e. The zero-order valence-corrected chi connectivity index (χ0v) is 17.0. The highest BCUT2D eigenvalue weighted by Gasteiger charge is 2.19. The molecule has 0 aliphatic heterocycles. The average Bonchev–Trinajstić information content (AvgIpc) is 2.76. The Kier molecular flexibility index (Phi) is 7.30. The summed E-state index contributed by atoms with van der Waals surface area (Å²) in [5.74, 6) is 0.501. The zero-order chi connectivity index (χ0) is 20.5. The van der Waals surface area contributed by atoms with Gasteiger partial charge in [0, 0.05) is 12.2 Å². The van der Waals surface area contributed by atoms with Crippen molar-refractivity contribution in [3.8, 4) is 0 Å². The Balaban J connectivity index is 1.72. The number of carbonyl (C=O) groups is 1. The second-order valence-corrected chi connectivity index (χ2v) is 7.08. The molecule has 0 aliphatic carbocycles. The molecule has 150 valence electrons. The summed E-state index contributed by atoms with van der Waals surface area (Å²) in [6.07, 6.45) is 4.17. The molecular formula is C23H27N5O. The Labute approximate surface area is 172 Å². The molecule has 1 N–H and O–H groups in total. The number of carbonyl (C=O) groups excluding carboxylic acids is 1. The Hall–Kier alpha value is -3.25. The third-order valence-corrected chi connectivity index (χ3v) is 4.46. The minimum absolute atomic E-state index is 0.174. The molecule has 1 heterocycles. The van der Waals surface area contributed by atoms with E-state index < -0.39 is 0 Å². The molecule has 3 rings (SSSR count). The summed E-state index contributed by atoms with van der Waals surface area (Å²) < 4.78 is 0. The van der Waals surface area contributed by atoms with Gasteiger partial charge in [-0.25, -0.2) is 9.97 Å². The molecular weight excluding hydrogens is 362 g/mol. The largest absolute Gasteiger partial charge is 0.369 e. The lowest BCUT2D eigenvalue weighted by atomic mass is 10.2. The lowest BCUT2D eigenvalue weighted by Gasteiger charge is -2.22. The topological polar surface area (TPSA) is 61.4 Å². The van der Waals surface area contributed by atoms with Crippen molar-refractivity contribution in [1.29, 1.82) is 0 Å². The number of anilines is 2. The van der Waals surface area contributed by atoms with Gasteiger partial charge in [0.2, 0.25) is 0 Å². The van der Waals surface area contributed by atoms with Crippen LogP contribution < -0.4 is 10.2 Å². The van der Waals surface area contributed by atoms with Crippen molar-refractivity contribution in [2.45, 2.75) is 13.0 Å². The number of para-hydroxylation sites is 1. The third kappa shape index (κ3) is 6.12. The molecule has 0 atom stereocenters. The number of hydrogen-bond donors (Lipinski definition) is 1. The highest BCUT2D eigenvalue weighted by molar-refractivity contribution is 6.04. The van der Waals surface area contributed by atoms with Gasteiger partial charge in [-0.3, -0.25) is 4.79 Å². The summed E-state index contributed by atoms with van der Waals surface area (Å²) in [4.78, 5) is 25.8. The molecule has 29 heavy (non-hydrogen) atoms. The quantitative estimate of drug-likeness (QED) is 0.566. The van der Waals surface area contributed by atoms with E-state index in [1.54, 1.807) is 11.1 Å². The van der Waals surface area contributed by atoms with Crippen LogP contribution in [0.15, 0.2) is 73.1 Å². The van der Waals surface area contributed by atoms with Crippen molar-refractivity contribution in [3.05, 3.63) is 84.3 Å². The first kappa shape index (κ1) is 20.5. The Morgan fingerprint density at radius 2 is 1.62 bits per heavy atom. The summed E-state index contributed by atoms with van der Waals surface area (Å²) in [5.41, 5.74) is 2.20. The second kappa shape index (κ2) is 10.3. The van der Waals surface area contributed by atoms with Gasteiger partial charge in [-0.15, -0.1) is 0 Å². The van der Waals surface area contributed by atoms with Gasteiger partial charge in [0.25, 0.3) is 5.91 Å². The third-order valence-electron chi connectivity index (χ3n) is 4.46. The fraction of sp³-hybridized carbons (Fsp3) is 0.261. The molecule has 0 fully saturated rings. The standard InChI is InChI=1S/C23H27N5O/c1-27(2)15-9-14-24-22-17-25-21(16-26-22)23(29)28(20-12-7-4-8-13-20)18-19-10-5-3-6-11-19/h3-8,10-13,16-17H,9,14-15,18H2,1-2H3,(H,24,26). The number of aromatic nitrogens is 2. The minimum Gasteiger partial charge on any atom is -0.369 e. The van der Waals surface area contributed by atoms with E-state index >= 15 is 0 Å². The van der Waals surface area contributed by atoms with Gasteiger partial charge in [-0.2, -0.15) is 0 Å². The minimum atomic E-state index is -0.174. The summed E-state index contributed by atoms with van der Waals surface area (Å²) in [6, 6.07) is 19.6. The van der Waals surface area contributed by atoms with Crippen LogP contribution in [-0.4, -0.2) is 48.0 Å². The van der Waals surface area contributed by atoms with Gasteiger partial charge < -0.3 is 15.1 Å². The van der Waals surface area contributed by atoms with Crippen molar-refractivity contribution < 1.29 is 4.79 Å². The van der Waals surface area contributed by atoms with E-state index in [-0.39, 0.29) is 5.91 Å². The maximum absolute atomic E-state index is 13.2. The molecule has 0 saturated heterocycles. The van der Waals surface area contributed by atoms with Crippen LogP contribution in [0.5, 0.6) is 0 Å². The van der Waals surface area contributed by atoms with Crippen molar-refractivity contribution in [3.63, 3.8) is 0 Å². The average molecular weight is 390 g/mol. The van der Waals surface area contributed by atoms with Crippen LogP contribution in [0.25, 0.3) is 0 Å². The molecule has 0 spiro atoms. The molecule has 1 amide bonds. The molecule has 0 bridgehead atoms. The van der Waals surface area contributed by atoms with Gasteiger partial charge in [-0.1, -0.05) is 48.5 Å². The fourth-order valence-corrected chi connectivity index (χ4v) is 2.93. The number of amides is 1. The van der Waals surface area contributed by atoms with Crippen LogP contribution in [-0.2, 0) is 6.54 Å². The Morgan fingerprint density at radius 1 is 0.931 bits per heavy atom. The maximum Gasteiger partial charge on any atom is 0.278 e. The SMILES string of the molecule is CN(C)CCCNc1cnc(C(=O)N(Cc2ccccc2)c2ccccc2)cn1. The van der Waals surface area contributed by atoms with Gasteiger partial charge in [-0.05, 0) is 44.8 Å². The molecule has 1 aromatic heterocycles. The molecule has 0 saturated carbocycles. The number of rotatable bonds is 9. The number of hydrogen-bond acceptors (Lipinski definition) is 5. The molecule has 2 aromatic carbocycles. The van der Waals surface area contributed by atoms with E-state index in [1.165, 1.54) is 6.20 Å². The highest BCUT2D eigenvalue weighted by atomic mass is 16.2. The first-order valence-electron chi connectivity index (χ1n) is 9.75. The monoisotopic (exact) mass is 389 g/mol. The highest BCUT2D eigenvalue weighted by Crippen LogP contribution is 2.19.